The lowest BCUT2D eigenvalue weighted by Gasteiger charge is -2.50. The first-order valence-electron chi connectivity index (χ1n) is 9.11. The van der Waals surface area contributed by atoms with Crippen molar-refractivity contribution in [1.82, 2.24) is 0 Å². The van der Waals surface area contributed by atoms with Gasteiger partial charge in [-0.3, -0.25) is 4.21 Å². The maximum absolute atomic E-state index is 13.7. The standard InChI is InChI=1S/C20H30OS2/c1-15(2)19-10-9-16(3)14-20(19)22-12-11-18(23(20)21)13-17-7-5-4-6-8-17/h4-8,15-16,18-19H,9-14H2,1-3H3/t16-,18-,19+,20-,23-/m1/s1. The molecular weight excluding hydrogens is 320 g/mol. The van der Waals surface area contributed by atoms with E-state index in [0.29, 0.717) is 17.1 Å². The Morgan fingerprint density at radius 1 is 1.22 bits per heavy atom. The predicted octanol–water partition coefficient (Wildman–Crippen LogP) is 5.27. The molecule has 3 heteroatoms. The monoisotopic (exact) mass is 350 g/mol. The van der Waals surface area contributed by atoms with Gasteiger partial charge in [-0.1, -0.05) is 57.5 Å². The Hall–Kier alpha value is -0.280. The molecule has 1 saturated heterocycles. The number of hydrogen-bond donors (Lipinski definition) is 0. The number of hydrogen-bond acceptors (Lipinski definition) is 2. The first kappa shape index (κ1) is 17.5. The maximum Gasteiger partial charge on any atom is 0.0944 e. The summed E-state index contributed by atoms with van der Waals surface area (Å²) in [6.07, 6.45) is 5.81. The third kappa shape index (κ3) is 3.56. The highest BCUT2D eigenvalue weighted by Crippen LogP contribution is 2.54. The zero-order chi connectivity index (χ0) is 16.4. The molecule has 0 radical (unpaired) electrons. The number of benzene rings is 1. The van der Waals surface area contributed by atoms with E-state index < -0.39 is 10.8 Å². The minimum atomic E-state index is -0.732. The number of rotatable bonds is 3. The van der Waals surface area contributed by atoms with Crippen LogP contribution in [0.25, 0.3) is 0 Å². The van der Waals surface area contributed by atoms with Crippen LogP contribution >= 0.6 is 11.8 Å². The molecule has 0 bridgehead atoms. The summed E-state index contributed by atoms with van der Waals surface area (Å²) >= 11 is 2.05. The molecule has 2 fully saturated rings. The van der Waals surface area contributed by atoms with Crippen LogP contribution in [0.1, 0.15) is 52.0 Å². The molecule has 1 saturated carbocycles. The molecule has 1 aromatic carbocycles. The van der Waals surface area contributed by atoms with Gasteiger partial charge >= 0.3 is 0 Å². The molecule has 1 aliphatic heterocycles. The van der Waals surface area contributed by atoms with E-state index in [-0.39, 0.29) is 4.08 Å². The summed E-state index contributed by atoms with van der Waals surface area (Å²) in [7, 11) is -0.732. The van der Waals surface area contributed by atoms with Gasteiger partial charge in [0.2, 0.25) is 0 Å². The van der Waals surface area contributed by atoms with E-state index in [1.807, 2.05) is 11.8 Å². The maximum atomic E-state index is 13.7. The Balaban J connectivity index is 1.84. The summed E-state index contributed by atoms with van der Waals surface area (Å²) < 4.78 is 13.7. The zero-order valence-electron chi connectivity index (χ0n) is 14.7. The van der Waals surface area contributed by atoms with Gasteiger partial charge in [0.1, 0.15) is 0 Å². The SMILES string of the molecule is CC(C)[C@@H]1CC[C@@H](C)C[C@]12SCC[C@H](Cc1ccccc1)[S@]2=O. The summed E-state index contributed by atoms with van der Waals surface area (Å²) in [6, 6.07) is 10.6. The Labute approximate surface area is 148 Å². The molecule has 1 nitrogen and oxygen atoms in total. The van der Waals surface area contributed by atoms with Gasteiger partial charge in [-0.25, -0.2) is 0 Å². The Kier molecular flexibility index (Phi) is 5.57. The summed E-state index contributed by atoms with van der Waals surface area (Å²) in [5.74, 6) is 3.15. The van der Waals surface area contributed by atoms with E-state index in [2.05, 4.69) is 51.1 Å². The van der Waals surface area contributed by atoms with Crippen molar-refractivity contribution in [3.05, 3.63) is 35.9 Å². The summed E-state index contributed by atoms with van der Waals surface area (Å²) in [5, 5.41) is 0.338. The lowest BCUT2D eigenvalue weighted by atomic mass is 9.76. The van der Waals surface area contributed by atoms with Gasteiger partial charge in [0.05, 0.1) is 4.08 Å². The van der Waals surface area contributed by atoms with E-state index >= 15 is 0 Å². The van der Waals surface area contributed by atoms with Crippen molar-refractivity contribution >= 4 is 22.6 Å². The molecule has 3 rings (SSSR count). The van der Waals surface area contributed by atoms with Gasteiger partial charge in [-0.2, -0.15) is 0 Å². The molecule has 0 amide bonds. The van der Waals surface area contributed by atoms with Crippen LogP contribution in [-0.2, 0) is 17.2 Å². The first-order valence-corrected chi connectivity index (χ1v) is 11.3. The normalized spacial score (nSPS) is 38.1. The zero-order valence-corrected chi connectivity index (χ0v) is 16.3. The largest absolute Gasteiger partial charge is 0.258 e. The fourth-order valence-corrected chi connectivity index (χ4v) is 9.93. The highest BCUT2D eigenvalue weighted by Gasteiger charge is 2.52. The van der Waals surface area contributed by atoms with Gasteiger partial charge in [-0.15, -0.1) is 11.8 Å². The molecule has 1 aromatic rings. The second-order valence-electron chi connectivity index (χ2n) is 7.80. The van der Waals surface area contributed by atoms with Crippen LogP contribution in [0.15, 0.2) is 30.3 Å². The van der Waals surface area contributed by atoms with E-state index in [4.69, 9.17) is 0 Å². The first-order chi connectivity index (χ1) is 11.0. The molecule has 2 aliphatic rings. The quantitative estimate of drug-likeness (QED) is 0.738. The average Bonchev–Trinajstić information content (AvgIpc) is 2.53. The minimum absolute atomic E-state index is 0.0174. The fourth-order valence-electron chi connectivity index (χ4n) is 4.53. The van der Waals surface area contributed by atoms with Crippen LogP contribution in [0.4, 0.5) is 0 Å². The van der Waals surface area contributed by atoms with Gasteiger partial charge < -0.3 is 0 Å². The van der Waals surface area contributed by atoms with Crippen molar-refractivity contribution in [2.24, 2.45) is 17.8 Å². The molecule has 0 aromatic heterocycles. The van der Waals surface area contributed by atoms with Gasteiger partial charge in [0.15, 0.2) is 0 Å². The molecule has 1 spiro atoms. The van der Waals surface area contributed by atoms with Crippen molar-refractivity contribution in [2.45, 2.75) is 62.2 Å². The molecule has 0 unspecified atom stereocenters. The molecule has 1 heterocycles. The van der Waals surface area contributed by atoms with Crippen molar-refractivity contribution in [1.29, 1.82) is 0 Å². The minimum Gasteiger partial charge on any atom is -0.258 e. The van der Waals surface area contributed by atoms with Crippen LogP contribution in [0, 0.1) is 17.8 Å². The lowest BCUT2D eigenvalue weighted by Crippen LogP contribution is -2.52. The summed E-state index contributed by atoms with van der Waals surface area (Å²) in [6.45, 7) is 7.03. The molecular formula is C20H30OS2. The third-order valence-corrected chi connectivity index (χ3v) is 10.1. The van der Waals surface area contributed by atoms with E-state index in [0.717, 1.165) is 25.2 Å². The van der Waals surface area contributed by atoms with Gasteiger partial charge in [0.25, 0.3) is 0 Å². The van der Waals surface area contributed by atoms with Crippen LogP contribution in [0.2, 0.25) is 0 Å². The molecule has 5 atom stereocenters. The van der Waals surface area contributed by atoms with Gasteiger partial charge in [0, 0.05) is 16.0 Å². The second-order valence-corrected chi connectivity index (χ2v) is 11.5. The van der Waals surface area contributed by atoms with E-state index in [1.165, 1.54) is 24.2 Å². The Morgan fingerprint density at radius 3 is 2.65 bits per heavy atom. The van der Waals surface area contributed by atoms with Crippen LogP contribution < -0.4 is 0 Å². The van der Waals surface area contributed by atoms with Gasteiger partial charge in [-0.05, 0) is 54.8 Å². The van der Waals surface area contributed by atoms with Crippen LogP contribution in [0.5, 0.6) is 0 Å². The molecule has 23 heavy (non-hydrogen) atoms. The smallest absolute Gasteiger partial charge is 0.0944 e. The highest BCUT2D eigenvalue weighted by molar-refractivity contribution is 8.13. The van der Waals surface area contributed by atoms with Crippen molar-refractivity contribution in [3.8, 4) is 0 Å². The van der Waals surface area contributed by atoms with Crippen molar-refractivity contribution < 1.29 is 4.21 Å². The van der Waals surface area contributed by atoms with Crippen LogP contribution in [0.3, 0.4) is 0 Å². The van der Waals surface area contributed by atoms with Crippen molar-refractivity contribution in [2.75, 3.05) is 5.75 Å². The Morgan fingerprint density at radius 2 is 1.96 bits per heavy atom. The summed E-state index contributed by atoms with van der Waals surface area (Å²) in [5.41, 5.74) is 1.35. The van der Waals surface area contributed by atoms with E-state index in [9.17, 15) is 4.21 Å². The Bertz CT molecular complexity index is 542. The average molecular weight is 351 g/mol. The fraction of sp³-hybridized carbons (Fsp3) is 0.700. The van der Waals surface area contributed by atoms with E-state index in [1.54, 1.807) is 0 Å². The van der Waals surface area contributed by atoms with Crippen LogP contribution in [-0.4, -0.2) is 19.3 Å². The second kappa shape index (κ2) is 7.31. The predicted molar refractivity (Wildman–Crippen MR) is 103 cm³/mol. The third-order valence-electron chi connectivity index (χ3n) is 5.71. The number of thioether (sulfide) groups is 1. The lowest BCUT2D eigenvalue weighted by molar-refractivity contribution is 0.221. The van der Waals surface area contributed by atoms with Crippen molar-refractivity contribution in [3.63, 3.8) is 0 Å². The highest BCUT2D eigenvalue weighted by atomic mass is 32.2. The topological polar surface area (TPSA) is 17.1 Å². The molecule has 1 aliphatic carbocycles. The molecule has 0 N–H and O–H groups in total. The molecule has 128 valence electrons. The summed E-state index contributed by atoms with van der Waals surface area (Å²) in [4.78, 5) is 0.